The molecule has 1 aliphatic heterocycles. The van der Waals surface area contributed by atoms with E-state index in [4.69, 9.17) is 29.0 Å². The minimum Gasteiger partial charge on any atom is -0.480 e. The van der Waals surface area contributed by atoms with Gasteiger partial charge >= 0.3 is 5.97 Å². The van der Waals surface area contributed by atoms with E-state index in [-0.39, 0.29) is 23.5 Å². The Kier molecular flexibility index (Phi) is 9.66. The van der Waals surface area contributed by atoms with Crippen LogP contribution in [0, 0.1) is 11.8 Å². The van der Waals surface area contributed by atoms with Crippen LogP contribution in [0.15, 0.2) is 60.8 Å². The first-order chi connectivity index (χ1) is 19.7. The Labute approximate surface area is 257 Å². The molecule has 0 bridgehead atoms. The molecule has 1 unspecified atom stereocenters. The highest BCUT2D eigenvalue weighted by atomic mass is 35.5. The summed E-state index contributed by atoms with van der Waals surface area (Å²) in [6.45, 7) is 0.395. The van der Waals surface area contributed by atoms with Gasteiger partial charge < -0.3 is 10.0 Å². The lowest BCUT2D eigenvalue weighted by molar-refractivity contribution is -0.143. The zero-order valence-corrected chi connectivity index (χ0v) is 24.3. The molecule has 4 aromatic rings. The first kappa shape index (κ1) is 30.8. The smallest absolute Gasteiger partial charge is 0.326 e. The molecule has 0 saturated carbocycles. The van der Waals surface area contributed by atoms with E-state index < -0.39 is 17.9 Å². The number of piperidine rings is 1. The van der Waals surface area contributed by atoms with Crippen molar-refractivity contribution in [1.82, 2.24) is 20.3 Å². The highest BCUT2D eigenvalue weighted by Crippen LogP contribution is 2.27. The lowest BCUT2D eigenvalue weighted by Crippen LogP contribution is -2.47. The van der Waals surface area contributed by atoms with Gasteiger partial charge in [0.15, 0.2) is 0 Å². The Hall–Kier alpha value is -4.20. The number of likely N-dealkylation sites (tertiary alicyclic amines) is 1. The maximum atomic E-state index is 13.0. The Morgan fingerprint density at radius 2 is 1.79 bits per heavy atom. The number of hydrogen-bond acceptors (Lipinski definition) is 6. The van der Waals surface area contributed by atoms with Gasteiger partial charge in [-0.3, -0.25) is 15.0 Å². The fraction of sp³-hybridized carbons (Fsp3) is 0.167. The van der Waals surface area contributed by atoms with Crippen LogP contribution in [-0.4, -0.2) is 50.3 Å². The third-order valence-electron chi connectivity index (χ3n) is 6.82. The number of aromatic nitrogens is 2. The number of carbonyl (C=O) groups is 3. The van der Waals surface area contributed by atoms with Gasteiger partial charge in [-0.2, -0.15) is 0 Å². The van der Waals surface area contributed by atoms with Crippen LogP contribution < -0.4 is 11.3 Å². The average molecular weight is 625 g/mol. The molecule has 1 aliphatic rings. The Morgan fingerprint density at radius 3 is 2.48 bits per heavy atom. The number of fused-ring (bicyclic) bond motifs is 1. The Bertz CT molecular complexity index is 1750. The van der Waals surface area contributed by atoms with Gasteiger partial charge in [-0.15, -0.1) is 12.4 Å². The van der Waals surface area contributed by atoms with Gasteiger partial charge in [0.2, 0.25) is 0 Å². The number of benzene rings is 2. The van der Waals surface area contributed by atoms with Crippen LogP contribution in [0.5, 0.6) is 0 Å². The molecule has 214 valence electrons. The third kappa shape index (κ3) is 6.48. The average Bonchev–Trinajstić information content (AvgIpc) is 2.99. The molecule has 0 aliphatic carbocycles. The van der Waals surface area contributed by atoms with E-state index in [0.717, 1.165) is 18.4 Å². The van der Waals surface area contributed by atoms with E-state index in [2.05, 4.69) is 27.2 Å². The SMILES string of the molecule is Cl.NNC(=O)c1cc(-c2ccc(C#Cc3ccc(C(=O)N4CCCCC4C(=O)O)cc3Cl)cc2)nc2cc(Cl)ncc12. The summed E-state index contributed by atoms with van der Waals surface area (Å²) in [5.41, 5.74) is 5.80. The molecule has 2 aromatic heterocycles. The van der Waals surface area contributed by atoms with Crippen molar-refractivity contribution in [2.24, 2.45) is 5.84 Å². The standard InChI is InChI=1S/C30H23Cl2N5O4.ClH/c31-23-13-20(29(39)37-12-2-1-3-26(37)30(40)41)11-10-18(23)7-4-17-5-8-19(9-6-17)24-14-21(28(38)36-33)22-16-34-27(32)15-25(22)35-24;/h5-6,8-11,13-16,26H,1-3,12,33H2,(H,36,38)(H,40,41);1H. The quantitative estimate of drug-likeness (QED) is 0.0943. The molecule has 1 saturated heterocycles. The molecule has 1 atom stereocenters. The van der Waals surface area contributed by atoms with Gasteiger partial charge in [0.05, 0.1) is 21.8 Å². The molecule has 4 N–H and O–H groups in total. The molecule has 42 heavy (non-hydrogen) atoms. The molecular weight excluding hydrogens is 601 g/mol. The summed E-state index contributed by atoms with van der Waals surface area (Å²) in [5, 5.41) is 10.6. The second-order valence-electron chi connectivity index (χ2n) is 9.42. The fourth-order valence-corrected chi connectivity index (χ4v) is 5.10. The number of pyridine rings is 2. The number of nitrogens with one attached hydrogen (secondary N) is 1. The maximum Gasteiger partial charge on any atom is 0.326 e. The Balaban J connectivity index is 0.00000405. The molecule has 0 spiro atoms. The fourth-order valence-electron chi connectivity index (χ4n) is 4.72. The third-order valence-corrected chi connectivity index (χ3v) is 7.34. The van der Waals surface area contributed by atoms with Crippen molar-refractivity contribution >= 4 is 64.3 Å². The number of nitrogen functional groups attached to an aromatic ring is 1. The number of halogens is 3. The van der Waals surface area contributed by atoms with Crippen molar-refractivity contribution in [2.45, 2.75) is 25.3 Å². The molecule has 5 rings (SSSR count). The number of carboxylic acid groups (broad SMARTS) is 1. The summed E-state index contributed by atoms with van der Waals surface area (Å²) in [7, 11) is 0. The van der Waals surface area contributed by atoms with Gasteiger partial charge in [-0.25, -0.2) is 20.6 Å². The summed E-state index contributed by atoms with van der Waals surface area (Å²) in [6, 6.07) is 14.4. The molecule has 1 fully saturated rings. The zero-order valence-electron chi connectivity index (χ0n) is 21.9. The molecule has 3 heterocycles. The van der Waals surface area contributed by atoms with Crippen LogP contribution in [0.25, 0.3) is 22.2 Å². The van der Waals surface area contributed by atoms with Gasteiger partial charge in [0.1, 0.15) is 11.2 Å². The summed E-state index contributed by atoms with van der Waals surface area (Å²) in [5.74, 6) is 9.60. The number of carboxylic acids is 1. The summed E-state index contributed by atoms with van der Waals surface area (Å²) >= 11 is 12.5. The number of amides is 2. The van der Waals surface area contributed by atoms with Crippen LogP contribution in [0.4, 0.5) is 0 Å². The summed E-state index contributed by atoms with van der Waals surface area (Å²) in [4.78, 5) is 47.0. The lowest BCUT2D eigenvalue weighted by atomic mass is 10.0. The normalized spacial score (nSPS) is 14.4. The van der Waals surface area contributed by atoms with Crippen molar-refractivity contribution in [3.8, 4) is 23.1 Å². The van der Waals surface area contributed by atoms with Crippen LogP contribution in [0.3, 0.4) is 0 Å². The van der Waals surface area contributed by atoms with Crippen molar-refractivity contribution in [1.29, 1.82) is 0 Å². The van der Waals surface area contributed by atoms with E-state index >= 15 is 0 Å². The van der Waals surface area contributed by atoms with E-state index in [1.807, 2.05) is 24.3 Å². The summed E-state index contributed by atoms with van der Waals surface area (Å²) in [6.07, 6.45) is 3.45. The molecule has 9 nitrogen and oxygen atoms in total. The van der Waals surface area contributed by atoms with Crippen molar-refractivity contribution in [3.05, 3.63) is 93.2 Å². The number of rotatable bonds is 4. The van der Waals surface area contributed by atoms with Crippen molar-refractivity contribution < 1.29 is 19.5 Å². The number of hydrazine groups is 1. The number of carbonyl (C=O) groups excluding carboxylic acids is 2. The van der Waals surface area contributed by atoms with Gasteiger partial charge in [0, 0.05) is 46.4 Å². The van der Waals surface area contributed by atoms with Crippen LogP contribution >= 0.6 is 35.6 Å². The molecular formula is C30H24Cl3N5O4. The van der Waals surface area contributed by atoms with Gasteiger partial charge in [-0.05, 0) is 55.7 Å². The molecule has 2 amide bonds. The predicted molar refractivity (Wildman–Crippen MR) is 163 cm³/mol. The van der Waals surface area contributed by atoms with Crippen LogP contribution in [0.2, 0.25) is 10.2 Å². The molecule has 0 radical (unpaired) electrons. The lowest BCUT2D eigenvalue weighted by Gasteiger charge is -2.33. The van der Waals surface area contributed by atoms with Gasteiger partial charge in [-0.1, -0.05) is 47.2 Å². The molecule has 12 heteroatoms. The van der Waals surface area contributed by atoms with Crippen LogP contribution in [0.1, 0.15) is 51.1 Å². The second-order valence-corrected chi connectivity index (χ2v) is 10.2. The Morgan fingerprint density at radius 1 is 1.02 bits per heavy atom. The molecule has 2 aromatic carbocycles. The number of nitrogens with two attached hydrogens (primary N) is 1. The minimum absolute atomic E-state index is 0. The van der Waals surface area contributed by atoms with Gasteiger partial charge in [0.25, 0.3) is 11.8 Å². The number of hydrogen-bond donors (Lipinski definition) is 3. The largest absolute Gasteiger partial charge is 0.480 e. The van der Waals surface area contributed by atoms with E-state index in [1.165, 1.54) is 17.2 Å². The number of nitrogens with zero attached hydrogens (tertiary/aromatic N) is 3. The predicted octanol–water partition coefficient (Wildman–Crippen LogP) is 5.11. The first-order valence-electron chi connectivity index (χ1n) is 12.7. The second kappa shape index (κ2) is 13.2. The topological polar surface area (TPSA) is 139 Å². The van der Waals surface area contributed by atoms with Crippen molar-refractivity contribution in [2.75, 3.05) is 6.54 Å². The van der Waals surface area contributed by atoms with Crippen molar-refractivity contribution in [3.63, 3.8) is 0 Å². The monoisotopic (exact) mass is 623 g/mol. The zero-order chi connectivity index (χ0) is 29.1. The van der Waals surface area contributed by atoms with E-state index in [9.17, 15) is 19.5 Å². The van der Waals surface area contributed by atoms with E-state index in [1.54, 1.807) is 24.3 Å². The highest BCUT2D eigenvalue weighted by Gasteiger charge is 2.32. The maximum absolute atomic E-state index is 13.0. The highest BCUT2D eigenvalue weighted by molar-refractivity contribution is 6.32. The minimum atomic E-state index is -1.00. The first-order valence-corrected chi connectivity index (χ1v) is 13.4. The van der Waals surface area contributed by atoms with Crippen LogP contribution in [-0.2, 0) is 4.79 Å². The summed E-state index contributed by atoms with van der Waals surface area (Å²) < 4.78 is 0. The number of aliphatic carboxylic acids is 1. The van der Waals surface area contributed by atoms with E-state index in [0.29, 0.717) is 56.8 Å².